The summed E-state index contributed by atoms with van der Waals surface area (Å²) < 4.78 is 7.59. The van der Waals surface area contributed by atoms with Crippen LogP contribution in [0, 0.1) is 5.41 Å². The second-order valence-corrected chi connectivity index (χ2v) is 13.9. The van der Waals surface area contributed by atoms with Gasteiger partial charge in [-0.05, 0) is 50.3 Å². The van der Waals surface area contributed by atoms with Crippen molar-refractivity contribution in [2.24, 2.45) is 11.1 Å². The summed E-state index contributed by atoms with van der Waals surface area (Å²) in [4.78, 5) is 46.3. The zero-order valence-corrected chi connectivity index (χ0v) is 28.3. The van der Waals surface area contributed by atoms with E-state index in [0.717, 1.165) is 22.6 Å². The highest BCUT2D eigenvalue weighted by molar-refractivity contribution is 5.94. The summed E-state index contributed by atoms with van der Waals surface area (Å²) in [5.74, 6) is -0.0162. The molecule has 248 valence electrons. The van der Waals surface area contributed by atoms with E-state index in [1.807, 2.05) is 77.8 Å². The van der Waals surface area contributed by atoms with E-state index < -0.39 is 35.1 Å². The molecular weight excluding hydrogens is 590 g/mol. The van der Waals surface area contributed by atoms with Crippen LogP contribution in [0.3, 0.4) is 0 Å². The molecule has 0 bridgehead atoms. The maximum absolute atomic E-state index is 14.5. The lowest BCUT2D eigenvalue weighted by molar-refractivity contribution is -0.118. The molecule has 2 atom stereocenters. The quantitative estimate of drug-likeness (QED) is 0.174. The third-order valence-electron chi connectivity index (χ3n) is 7.62. The molecular formula is C38H47N5O4. The zero-order chi connectivity index (χ0) is 34.2. The molecule has 9 nitrogen and oxygen atoms in total. The summed E-state index contributed by atoms with van der Waals surface area (Å²) in [6.07, 6.45) is 1.55. The maximum atomic E-state index is 14.5. The largest absolute Gasteiger partial charge is 0.444 e. The fraction of sp³-hybridized carbons (Fsp3) is 0.368. The Morgan fingerprint density at radius 1 is 0.872 bits per heavy atom. The van der Waals surface area contributed by atoms with E-state index >= 15 is 0 Å². The fourth-order valence-corrected chi connectivity index (χ4v) is 5.63. The van der Waals surface area contributed by atoms with Gasteiger partial charge in [0.2, 0.25) is 5.91 Å². The summed E-state index contributed by atoms with van der Waals surface area (Å²) in [5.41, 5.74) is 7.80. The third-order valence-corrected chi connectivity index (χ3v) is 7.62. The average molecular weight is 638 g/mol. The van der Waals surface area contributed by atoms with E-state index in [1.165, 1.54) is 0 Å². The van der Waals surface area contributed by atoms with Crippen LogP contribution in [0.1, 0.15) is 82.2 Å². The van der Waals surface area contributed by atoms with Gasteiger partial charge in [0.05, 0.1) is 11.7 Å². The number of carbonyl (C=O) groups excluding carboxylic acids is 3. The summed E-state index contributed by atoms with van der Waals surface area (Å²) in [6, 6.07) is 28.1. The van der Waals surface area contributed by atoms with Gasteiger partial charge >= 0.3 is 6.09 Å². The Morgan fingerprint density at radius 2 is 1.45 bits per heavy atom. The first-order valence-corrected chi connectivity index (χ1v) is 16.0. The normalized spacial score (nSPS) is 13.0. The molecule has 0 aliphatic carbocycles. The lowest BCUT2D eigenvalue weighted by atomic mass is 9.84. The number of primary amides is 1. The number of hydrogen-bond donors (Lipinski definition) is 2. The fourth-order valence-electron chi connectivity index (χ4n) is 5.63. The molecule has 3 N–H and O–H groups in total. The molecule has 0 aliphatic rings. The first kappa shape index (κ1) is 34.9. The van der Waals surface area contributed by atoms with E-state index in [1.54, 1.807) is 32.9 Å². The Morgan fingerprint density at radius 3 is 2.00 bits per heavy atom. The van der Waals surface area contributed by atoms with Crippen LogP contribution in [0.15, 0.2) is 97.2 Å². The number of nitrogens with one attached hydrogen (secondary N) is 1. The Hall–Kier alpha value is -4.92. The predicted octanol–water partition coefficient (Wildman–Crippen LogP) is 6.99. The van der Waals surface area contributed by atoms with E-state index in [9.17, 15) is 14.4 Å². The third kappa shape index (κ3) is 10.0. The van der Waals surface area contributed by atoms with Gasteiger partial charge in [-0.15, -0.1) is 0 Å². The van der Waals surface area contributed by atoms with Crippen LogP contribution in [0.2, 0.25) is 0 Å². The highest BCUT2D eigenvalue weighted by Crippen LogP contribution is 2.40. The molecule has 4 aromatic rings. The molecule has 0 fully saturated rings. The minimum absolute atomic E-state index is 0.104. The number of benzene rings is 3. The number of rotatable bonds is 12. The average Bonchev–Trinajstić information content (AvgIpc) is 3.40. The minimum Gasteiger partial charge on any atom is -0.444 e. The van der Waals surface area contributed by atoms with Gasteiger partial charge < -0.3 is 25.3 Å². The van der Waals surface area contributed by atoms with Gasteiger partial charge in [0, 0.05) is 42.9 Å². The van der Waals surface area contributed by atoms with Crippen molar-refractivity contribution in [1.82, 2.24) is 19.8 Å². The molecule has 3 amide bonds. The zero-order valence-electron chi connectivity index (χ0n) is 28.3. The van der Waals surface area contributed by atoms with Gasteiger partial charge in [0.1, 0.15) is 11.4 Å². The van der Waals surface area contributed by atoms with Gasteiger partial charge in [-0.3, -0.25) is 9.59 Å². The second-order valence-electron chi connectivity index (χ2n) is 13.9. The summed E-state index contributed by atoms with van der Waals surface area (Å²) in [6.45, 7) is 12.3. The van der Waals surface area contributed by atoms with Crippen molar-refractivity contribution in [3.63, 3.8) is 0 Å². The second kappa shape index (κ2) is 15.1. The van der Waals surface area contributed by atoms with E-state index in [0.29, 0.717) is 12.1 Å². The number of alkyl carbamates (subject to hydrolysis) is 1. The topological polar surface area (TPSA) is 120 Å². The Balaban J connectivity index is 1.80. The van der Waals surface area contributed by atoms with E-state index in [-0.39, 0.29) is 25.3 Å². The van der Waals surface area contributed by atoms with Crippen LogP contribution in [0.25, 0.3) is 11.3 Å². The molecule has 0 unspecified atom stereocenters. The summed E-state index contributed by atoms with van der Waals surface area (Å²) in [7, 11) is 0. The van der Waals surface area contributed by atoms with Crippen molar-refractivity contribution in [1.29, 1.82) is 0 Å². The van der Waals surface area contributed by atoms with Gasteiger partial charge in [-0.1, -0.05) is 99.6 Å². The van der Waals surface area contributed by atoms with Crippen LogP contribution < -0.4 is 11.1 Å². The van der Waals surface area contributed by atoms with Crippen molar-refractivity contribution < 1.29 is 19.1 Å². The standard InChI is InChI=1S/C38H47N5O4/c1-37(2,3)33(34-41-31(28-18-12-8-13-19-28)26-42(34)25-27-16-10-7-11-17-27)43(35(45)29-20-14-9-15-21-29)23-22-30(24-32(39)44)40-36(46)47-38(4,5)6/h7-21,26,30,33H,22-25H2,1-6H3,(H2,39,44)(H,40,46)/t30-,33-/m0/s1. The SMILES string of the molecule is CC(C)(C)OC(=O)N[C@@H](CCN(C(=O)c1ccccc1)[C@@H](c1nc(-c2ccccc2)cn1Cc1ccccc1)C(C)(C)C)CC(N)=O. The number of amides is 3. The molecule has 4 rings (SSSR count). The number of imidazole rings is 1. The molecule has 0 spiro atoms. The molecule has 3 aromatic carbocycles. The number of aromatic nitrogens is 2. The summed E-state index contributed by atoms with van der Waals surface area (Å²) >= 11 is 0. The van der Waals surface area contributed by atoms with Crippen LogP contribution in [-0.4, -0.2) is 50.5 Å². The molecule has 1 aromatic heterocycles. The van der Waals surface area contributed by atoms with E-state index in [4.69, 9.17) is 15.5 Å². The van der Waals surface area contributed by atoms with Crippen LogP contribution >= 0.6 is 0 Å². The van der Waals surface area contributed by atoms with Gasteiger partial charge in [0.25, 0.3) is 5.91 Å². The van der Waals surface area contributed by atoms with Crippen molar-refractivity contribution in [2.45, 2.75) is 78.6 Å². The highest BCUT2D eigenvalue weighted by Gasteiger charge is 2.39. The van der Waals surface area contributed by atoms with Gasteiger partial charge in [0.15, 0.2) is 0 Å². The molecule has 0 radical (unpaired) electrons. The first-order valence-electron chi connectivity index (χ1n) is 16.0. The van der Waals surface area contributed by atoms with Gasteiger partial charge in [-0.2, -0.15) is 0 Å². The lowest BCUT2D eigenvalue weighted by Gasteiger charge is -2.40. The number of hydrogen-bond acceptors (Lipinski definition) is 5. The van der Waals surface area contributed by atoms with Crippen LogP contribution in [0.5, 0.6) is 0 Å². The van der Waals surface area contributed by atoms with Gasteiger partial charge in [-0.25, -0.2) is 9.78 Å². The van der Waals surface area contributed by atoms with Crippen molar-refractivity contribution in [2.75, 3.05) is 6.54 Å². The first-order chi connectivity index (χ1) is 22.2. The van der Waals surface area contributed by atoms with Crippen molar-refractivity contribution in [3.05, 3.63) is 114 Å². The van der Waals surface area contributed by atoms with Crippen LogP contribution in [0.4, 0.5) is 4.79 Å². The Bertz CT molecular complexity index is 1620. The minimum atomic E-state index is -0.722. The smallest absolute Gasteiger partial charge is 0.407 e. The monoisotopic (exact) mass is 637 g/mol. The highest BCUT2D eigenvalue weighted by atomic mass is 16.6. The Kier molecular flexibility index (Phi) is 11.2. The van der Waals surface area contributed by atoms with Crippen molar-refractivity contribution in [3.8, 4) is 11.3 Å². The molecule has 9 heteroatoms. The number of ether oxygens (including phenoxy) is 1. The number of carbonyl (C=O) groups is 3. The van der Waals surface area contributed by atoms with E-state index in [2.05, 4.69) is 42.8 Å². The number of nitrogens with two attached hydrogens (primary N) is 1. The Labute approximate surface area is 278 Å². The molecule has 0 saturated heterocycles. The molecule has 0 saturated carbocycles. The molecule has 0 aliphatic heterocycles. The molecule has 47 heavy (non-hydrogen) atoms. The molecule has 1 heterocycles. The number of nitrogens with zero attached hydrogens (tertiary/aromatic N) is 3. The summed E-state index contributed by atoms with van der Waals surface area (Å²) in [5, 5.41) is 2.81. The lowest BCUT2D eigenvalue weighted by Crippen LogP contribution is -2.46. The van der Waals surface area contributed by atoms with Crippen molar-refractivity contribution >= 4 is 17.9 Å². The van der Waals surface area contributed by atoms with Crippen LogP contribution in [-0.2, 0) is 16.1 Å². The maximum Gasteiger partial charge on any atom is 0.407 e. The predicted molar refractivity (Wildman–Crippen MR) is 184 cm³/mol.